The first kappa shape index (κ1) is 13.6. The van der Waals surface area contributed by atoms with Crippen LogP contribution in [0, 0.1) is 5.41 Å². The van der Waals surface area contributed by atoms with E-state index in [1.54, 1.807) is 19.1 Å². The Morgan fingerprint density at radius 1 is 1.47 bits per heavy atom. The summed E-state index contributed by atoms with van der Waals surface area (Å²) in [6.45, 7) is 4.91. The van der Waals surface area contributed by atoms with Crippen molar-refractivity contribution in [2.75, 3.05) is 6.61 Å². The van der Waals surface area contributed by atoms with Gasteiger partial charge in [-0.25, -0.2) is 0 Å². The second-order valence-electron chi connectivity index (χ2n) is 4.01. The predicted molar refractivity (Wildman–Crippen MR) is 64.0 cm³/mol. The van der Waals surface area contributed by atoms with E-state index in [9.17, 15) is 9.59 Å². The number of Topliss-reactive ketones (excluding diaryl/α,β-unsaturated/α-hetero) is 1. The van der Waals surface area contributed by atoms with E-state index in [0.29, 0.717) is 0 Å². The number of aromatic nitrogens is 1. The number of hydrogen-bond donors (Lipinski definition) is 0. The Morgan fingerprint density at radius 2 is 2.12 bits per heavy atom. The molecule has 17 heavy (non-hydrogen) atoms. The number of carbonyl (C=O) groups is 2. The molecule has 0 aliphatic rings. The minimum absolute atomic E-state index is 0.0900. The highest BCUT2D eigenvalue weighted by molar-refractivity contribution is 6.34. The fraction of sp³-hybridized carbons (Fsp3) is 0.417. The monoisotopic (exact) mass is 255 g/mol. The van der Waals surface area contributed by atoms with Crippen molar-refractivity contribution in [1.29, 1.82) is 0 Å². The van der Waals surface area contributed by atoms with Gasteiger partial charge in [-0.3, -0.25) is 14.6 Å². The van der Waals surface area contributed by atoms with Gasteiger partial charge in [0, 0.05) is 6.20 Å². The molecule has 5 heteroatoms. The molecule has 0 atom stereocenters. The zero-order valence-corrected chi connectivity index (χ0v) is 10.7. The highest BCUT2D eigenvalue weighted by Gasteiger charge is 2.39. The van der Waals surface area contributed by atoms with E-state index >= 15 is 0 Å². The van der Waals surface area contributed by atoms with Gasteiger partial charge in [0.2, 0.25) is 0 Å². The number of hydrogen-bond acceptors (Lipinski definition) is 4. The molecule has 0 radical (unpaired) electrons. The summed E-state index contributed by atoms with van der Waals surface area (Å²) in [5.41, 5.74) is -1.19. The first-order valence-electron chi connectivity index (χ1n) is 5.23. The van der Waals surface area contributed by atoms with Gasteiger partial charge in [0.05, 0.1) is 11.6 Å². The van der Waals surface area contributed by atoms with E-state index in [4.69, 9.17) is 16.3 Å². The third-order valence-corrected chi connectivity index (χ3v) is 2.63. The number of esters is 1. The van der Waals surface area contributed by atoms with Gasteiger partial charge >= 0.3 is 5.97 Å². The topological polar surface area (TPSA) is 56.3 Å². The fourth-order valence-corrected chi connectivity index (χ4v) is 1.46. The quantitative estimate of drug-likeness (QED) is 0.471. The van der Waals surface area contributed by atoms with Crippen LogP contribution in [0.2, 0.25) is 5.02 Å². The van der Waals surface area contributed by atoms with E-state index in [1.807, 2.05) is 0 Å². The zero-order valence-electron chi connectivity index (χ0n) is 9.99. The molecule has 4 nitrogen and oxygen atoms in total. The molecule has 0 bridgehead atoms. The summed E-state index contributed by atoms with van der Waals surface area (Å²) in [7, 11) is 0. The highest BCUT2D eigenvalue weighted by atomic mass is 35.5. The van der Waals surface area contributed by atoms with Crippen molar-refractivity contribution < 1.29 is 14.3 Å². The fourth-order valence-electron chi connectivity index (χ4n) is 1.25. The second kappa shape index (κ2) is 5.27. The number of carbonyl (C=O) groups excluding carboxylic acids is 2. The summed E-state index contributed by atoms with van der Waals surface area (Å²) < 4.78 is 4.86. The molecule has 0 spiro atoms. The Kier molecular flexibility index (Phi) is 4.23. The van der Waals surface area contributed by atoms with E-state index in [0.717, 1.165) is 0 Å². The van der Waals surface area contributed by atoms with Gasteiger partial charge in [0.25, 0.3) is 0 Å². The number of pyridine rings is 1. The molecule has 0 saturated carbocycles. The van der Waals surface area contributed by atoms with Crippen LogP contribution in [0.3, 0.4) is 0 Å². The smallest absolute Gasteiger partial charge is 0.319 e. The van der Waals surface area contributed by atoms with Crippen molar-refractivity contribution in [3.63, 3.8) is 0 Å². The van der Waals surface area contributed by atoms with Crippen LogP contribution in [0.4, 0.5) is 0 Å². The number of ketones is 1. The van der Waals surface area contributed by atoms with Gasteiger partial charge in [0.15, 0.2) is 5.78 Å². The number of nitrogens with zero attached hydrogens (tertiary/aromatic N) is 1. The van der Waals surface area contributed by atoms with Crippen molar-refractivity contribution in [2.24, 2.45) is 5.41 Å². The lowest BCUT2D eigenvalue weighted by molar-refractivity contribution is -0.150. The van der Waals surface area contributed by atoms with E-state index < -0.39 is 17.2 Å². The molecule has 0 amide bonds. The number of halogens is 1. The van der Waals surface area contributed by atoms with Gasteiger partial charge in [0.1, 0.15) is 11.1 Å². The normalized spacial score (nSPS) is 11.1. The molecule has 1 aromatic rings. The predicted octanol–water partition coefficient (Wildman–Crippen LogP) is 2.51. The summed E-state index contributed by atoms with van der Waals surface area (Å²) in [6, 6.07) is 3.18. The third kappa shape index (κ3) is 2.82. The first-order chi connectivity index (χ1) is 7.91. The Labute approximate surface area is 105 Å². The summed E-state index contributed by atoms with van der Waals surface area (Å²) in [4.78, 5) is 27.7. The van der Waals surface area contributed by atoms with Crippen LogP contribution >= 0.6 is 11.6 Å². The van der Waals surface area contributed by atoms with Crippen LogP contribution in [0.25, 0.3) is 0 Å². The Bertz CT molecular complexity index is 443. The number of ether oxygens (including phenoxy) is 1. The Balaban J connectivity index is 3.05. The largest absolute Gasteiger partial charge is 0.465 e. The van der Waals surface area contributed by atoms with Gasteiger partial charge in [-0.1, -0.05) is 11.6 Å². The standard InChI is InChI=1S/C12H14ClNO3/c1-4-17-11(16)12(2,3)10(15)9-8(13)6-5-7-14-9/h5-7H,4H2,1-3H3. The summed E-state index contributed by atoms with van der Waals surface area (Å²) in [6.07, 6.45) is 1.46. The molecule has 0 N–H and O–H groups in total. The van der Waals surface area contributed by atoms with E-state index in [2.05, 4.69) is 4.98 Å². The lowest BCUT2D eigenvalue weighted by Gasteiger charge is -2.20. The Hall–Kier alpha value is -1.42. The number of rotatable bonds is 4. The summed E-state index contributed by atoms with van der Waals surface area (Å²) in [5, 5.41) is 0.231. The summed E-state index contributed by atoms with van der Waals surface area (Å²) in [5.74, 6) is -1.02. The summed E-state index contributed by atoms with van der Waals surface area (Å²) >= 11 is 5.87. The van der Waals surface area contributed by atoms with E-state index in [-0.39, 0.29) is 17.3 Å². The maximum Gasteiger partial charge on any atom is 0.319 e. The van der Waals surface area contributed by atoms with Crippen LogP contribution in [0.5, 0.6) is 0 Å². The third-order valence-electron chi connectivity index (χ3n) is 2.33. The first-order valence-corrected chi connectivity index (χ1v) is 5.61. The van der Waals surface area contributed by atoms with E-state index in [1.165, 1.54) is 20.0 Å². The molecule has 92 valence electrons. The molecule has 0 saturated heterocycles. The molecule has 1 heterocycles. The van der Waals surface area contributed by atoms with Crippen LogP contribution in [-0.4, -0.2) is 23.3 Å². The van der Waals surface area contributed by atoms with Crippen LogP contribution < -0.4 is 0 Å². The van der Waals surface area contributed by atoms with Crippen LogP contribution in [0.1, 0.15) is 31.3 Å². The van der Waals surface area contributed by atoms with Gasteiger partial charge in [-0.2, -0.15) is 0 Å². The SMILES string of the molecule is CCOC(=O)C(C)(C)C(=O)c1ncccc1Cl. The Morgan fingerprint density at radius 3 is 2.65 bits per heavy atom. The molecule has 1 aromatic heterocycles. The molecular formula is C12H14ClNO3. The molecule has 0 aliphatic heterocycles. The average molecular weight is 256 g/mol. The zero-order chi connectivity index (χ0) is 13.1. The minimum Gasteiger partial charge on any atom is -0.465 e. The highest BCUT2D eigenvalue weighted by Crippen LogP contribution is 2.26. The van der Waals surface area contributed by atoms with Crippen LogP contribution in [-0.2, 0) is 9.53 Å². The maximum atomic E-state index is 12.2. The van der Waals surface area contributed by atoms with Gasteiger partial charge in [-0.15, -0.1) is 0 Å². The van der Waals surface area contributed by atoms with Crippen molar-refractivity contribution in [3.8, 4) is 0 Å². The molecule has 0 fully saturated rings. The molecule has 0 unspecified atom stereocenters. The molecule has 0 aromatic carbocycles. The lowest BCUT2D eigenvalue weighted by Crippen LogP contribution is -2.35. The molecular weight excluding hydrogens is 242 g/mol. The minimum atomic E-state index is -1.28. The maximum absolute atomic E-state index is 12.2. The van der Waals surface area contributed by atoms with Crippen molar-refractivity contribution in [1.82, 2.24) is 4.98 Å². The lowest BCUT2D eigenvalue weighted by atomic mass is 9.86. The molecule has 1 rings (SSSR count). The van der Waals surface area contributed by atoms with Crippen molar-refractivity contribution >= 4 is 23.4 Å². The second-order valence-corrected chi connectivity index (χ2v) is 4.42. The average Bonchev–Trinajstić information content (AvgIpc) is 2.29. The van der Waals surface area contributed by atoms with Gasteiger partial charge in [-0.05, 0) is 32.9 Å². The van der Waals surface area contributed by atoms with Gasteiger partial charge < -0.3 is 4.74 Å². The van der Waals surface area contributed by atoms with Crippen molar-refractivity contribution in [3.05, 3.63) is 29.0 Å². The molecule has 0 aliphatic carbocycles. The van der Waals surface area contributed by atoms with Crippen molar-refractivity contribution in [2.45, 2.75) is 20.8 Å². The van der Waals surface area contributed by atoms with Crippen LogP contribution in [0.15, 0.2) is 18.3 Å².